The summed E-state index contributed by atoms with van der Waals surface area (Å²) in [6.07, 6.45) is 0. The van der Waals surface area contributed by atoms with Gasteiger partial charge in [0, 0.05) is 3.57 Å². The number of aromatic carboxylic acids is 1. The molecular weight excluding hydrogens is 254 g/mol. The molecule has 0 heterocycles. The summed E-state index contributed by atoms with van der Waals surface area (Å²) in [5.74, 6) is -0.943. The Morgan fingerprint density at radius 1 is 1.55 bits per heavy atom. The lowest BCUT2D eigenvalue weighted by atomic mass is 9.94. The van der Waals surface area contributed by atoms with Gasteiger partial charge in [-0.15, -0.1) is 0 Å². The summed E-state index contributed by atoms with van der Waals surface area (Å²) >= 11 is 1.91. The molecule has 11 heavy (non-hydrogen) atoms. The van der Waals surface area contributed by atoms with E-state index in [0.29, 0.717) is 9.03 Å². The Hall–Kier alpha value is -0.515. The maximum Gasteiger partial charge on any atom is 0.336 e. The number of benzene rings is 1. The van der Waals surface area contributed by atoms with Gasteiger partial charge in [0.1, 0.15) is 7.85 Å². The van der Waals surface area contributed by atoms with E-state index in [1.807, 2.05) is 22.6 Å². The van der Waals surface area contributed by atoms with Crippen LogP contribution in [0.15, 0.2) is 18.2 Å². The van der Waals surface area contributed by atoms with Crippen molar-refractivity contribution < 1.29 is 9.90 Å². The van der Waals surface area contributed by atoms with Crippen molar-refractivity contribution >= 4 is 41.9 Å². The summed E-state index contributed by atoms with van der Waals surface area (Å²) in [7, 11) is 5.49. The van der Waals surface area contributed by atoms with Crippen molar-refractivity contribution in [2.45, 2.75) is 0 Å². The number of carboxylic acid groups (broad SMARTS) is 1. The first-order valence-corrected chi connectivity index (χ1v) is 3.98. The van der Waals surface area contributed by atoms with Crippen molar-refractivity contribution in [2.75, 3.05) is 0 Å². The molecule has 0 fully saturated rings. The SMILES string of the molecule is [B]c1cccc(C(=O)O)c1I. The molecule has 0 saturated heterocycles. The topological polar surface area (TPSA) is 37.3 Å². The quantitative estimate of drug-likeness (QED) is 0.597. The molecule has 54 valence electrons. The lowest BCUT2D eigenvalue weighted by molar-refractivity contribution is 0.0696. The third-order valence-electron chi connectivity index (χ3n) is 1.26. The maximum absolute atomic E-state index is 10.5. The van der Waals surface area contributed by atoms with E-state index >= 15 is 0 Å². The molecule has 1 aromatic carbocycles. The zero-order valence-electron chi connectivity index (χ0n) is 5.54. The number of carbonyl (C=O) groups is 1. The monoisotopic (exact) mass is 258 g/mol. The Morgan fingerprint density at radius 2 is 2.18 bits per heavy atom. The van der Waals surface area contributed by atoms with Gasteiger partial charge in [0.05, 0.1) is 5.56 Å². The molecule has 0 amide bonds. The van der Waals surface area contributed by atoms with Crippen molar-refractivity contribution in [3.05, 3.63) is 27.3 Å². The van der Waals surface area contributed by atoms with Crippen LogP contribution in [0, 0.1) is 3.57 Å². The van der Waals surface area contributed by atoms with Crippen LogP contribution < -0.4 is 5.46 Å². The largest absolute Gasteiger partial charge is 0.478 e. The zero-order chi connectivity index (χ0) is 8.43. The van der Waals surface area contributed by atoms with E-state index < -0.39 is 5.97 Å². The van der Waals surface area contributed by atoms with Crippen molar-refractivity contribution in [3.63, 3.8) is 0 Å². The molecule has 4 heteroatoms. The van der Waals surface area contributed by atoms with Gasteiger partial charge in [-0.25, -0.2) is 4.79 Å². The van der Waals surface area contributed by atoms with Crippen LogP contribution >= 0.6 is 22.6 Å². The second kappa shape index (κ2) is 3.25. The third kappa shape index (κ3) is 1.74. The zero-order valence-corrected chi connectivity index (χ0v) is 7.70. The van der Waals surface area contributed by atoms with Crippen LogP contribution in [0.25, 0.3) is 0 Å². The van der Waals surface area contributed by atoms with E-state index in [4.69, 9.17) is 13.0 Å². The molecule has 1 aromatic rings. The highest BCUT2D eigenvalue weighted by Gasteiger charge is 2.07. The van der Waals surface area contributed by atoms with Gasteiger partial charge in [-0.2, -0.15) is 0 Å². The van der Waals surface area contributed by atoms with Crippen LogP contribution in [0.4, 0.5) is 0 Å². The molecule has 0 aliphatic heterocycles. The highest BCUT2D eigenvalue weighted by molar-refractivity contribution is 14.1. The highest BCUT2D eigenvalue weighted by Crippen LogP contribution is 2.08. The number of rotatable bonds is 1. The molecule has 1 N–H and O–H groups in total. The van der Waals surface area contributed by atoms with Gasteiger partial charge in [-0.1, -0.05) is 17.6 Å². The van der Waals surface area contributed by atoms with Crippen LogP contribution in [0.5, 0.6) is 0 Å². The molecule has 1 rings (SSSR count). The fourth-order valence-corrected chi connectivity index (χ4v) is 1.31. The molecule has 0 unspecified atom stereocenters. The summed E-state index contributed by atoms with van der Waals surface area (Å²) in [6, 6.07) is 4.83. The highest BCUT2D eigenvalue weighted by atomic mass is 127. The first kappa shape index (κ1) is 8.58. The average molecular weight is 258 g/mol. The summed E-state index contributed by atoms with van der Waals surface area (Å²) in [5.41, 5.74) is 0.760. The summed E-state index contributed by atoms with van der Waals surface area (Å²) < 4.78 is 0.595. The van der Waals surface area contributed by atoms with Crippen molar-refractivity contribution in [1.29, 1.82) is 0 Å². The molecule has 0 saturated carbocycles. The first-order valence-electron chi connectivity index (χ1n) is 2.90. The number of carboxylic acids is 1. The van der Waals surface area contributed by atoms with Gasteiger partial charge in [-0.3, -0.25) is 0 Å². The van der Waals surface area contributed by atoms with Crippen LogP contribution in [-0.4, -0.2) is 18.9 Å². The van der Waals surface area contributed by atoms with Gasteiger partial charge in [0.15, 0.2) is 0 Å². The second-order valence-corrected chi connectivity index (χ2v) is 3.09. The average Bonchev–Trinajstić information content (AvgIpc) is 1.94. The Labute approximate surface area is 79.2 Å². The Morgan fingerprint density at radius 3 is 2.64 bits per heavy atom. The Kier molecular flexibility index (Phi) is 2.54. The van der Waals surface area contributed by atoms with Gasteiger partial charge in [-0.05, 0) is 28.7 Å². The van der Waals surface area contributed by atoms with Crippen molar-refractivity contribution in [3.8, 4) is 0 Å². The van der Waals surface area contributed by atoms with Crippen LogP contribution in [-0.2, 0) is 0 Å². The molecule has 0 spiro atoms. The minimum Gasteiger partial charge on any atom is -0.478 e. The number of halogens is 1. The molecule has 0 atom stereocenters. The van der Waals surface area contributed by atoms with E-state index in [1.165, 1.54) is 6.07 Å². The second-order valence-electron chi connectivity index (χ2n) is 2.01. The van der Waals surface area contributed by atoms with E-state index in [2.05, 4.69) is 0 Å². The minimum atomic E-state index is -0.943. The fourth-order valence-electron chi connectivity index (χ4n) is 0.715. The predicted octanol–water partition coefficient (Wildman–Crippen LogP) is 0.783. The van der Waals surface area contributed by atoms with E-state index in [9.17, 15) is 4.79 Å². The van der Waals surface area contributed by atoms with Gasteiger partial charge < -0.3 is 5.11 Å². The number of hydrogen-bond acceptors (Lipinski definition) is 1. The fraction of sp³-hybridized carbons (Fsp3) is 0. The summed E-state index contributed by atoms with van der Waals surface area (Å²) in [5, 5.41) is 8.63. The summed E-state index contributed by atoms with van der Waals surface area (Å²) in [4.78, 5) is 10.5. The van der Waals surface area contributed by atoms with Gasteiger partial charge in [0.2, 0.25) is 0 Å². The third-order valence-corrected chi connectivity index (χ3v) is 2.46. The van der Waals surface area contributed by atoms with E-state index in [-0.39, 0.29) is 5.56 Å². The molecule has 0 aromatic heterocycles. The lowest BCUT2D eigenvalue weighted by Crippen LogP contribution is -2.12. The Bertz CT molecular complexity index is 298. The lowest BCUT2D eigenvalue weighted by Gasteiger charge is -2.00. The van der Waals surface area contributed by atoms with E-state index in [1.54, 1.807) is 12.1 Å². The molecule has 0 aliphatic rings. The van der Waals surface area contributed by atoms with E-state index in [0.717, 1.165) is 0 Å². The molecule has 0 aliphatic carbocycles. The predicted molar refractivity (Wildman–Crippen MR) is 51.5 cm³/mol. The van der Waals surface area contributed by atoms with Gasteiger partial charge >= 0.3 is 5.97 Å². The molecule has 0 bridgehead atoms. The minimum absolute atomic E-state index is 0.255. The van der Waals surface area contributed by atoms with Crippen LogP contribution in [0.1, 0.15) is 10.4 Å². The van der Waals surface area contributed by atoms with Crippen molar-refractivity contribution in [1.82, 2.24) is 0 Å². The molecule has 2 nitrogen and oxygen atoms in total. The Balaban J connectivity index is 3.27. The standard InChI is InChI=1S/C7H4BIO2/c8-5-3-1-2-4(6(5)9)7(10)11/h1-3H,(H,10,11). The molecular formula is C7H4BIO2. The maximum atomic E-state index is 10.5. The van der Waals surface area contributed by atoms with Crippen molar-refractivity contribution in [2.24, 2.45) is 0 Å². The summed E-state index contributed by atoms with van der Waals surface area (Å²) in [6.45, 7) is 0. The number of hydrogen-bond donors (Lipinski definition) is 1. The van der Waals surface area contributed by atoms with Gasteiger partial charge in [0.25, 0.3) is 0 Å². The normalized spacial score (nSPS) is 9.55. The van der Waals surface area contributed by atoms with Crippen LogP contribution in [0.3, 0.4) is 0 Å². The first-order chi connectivity index (χ1) is 5.13. The van der Waals surface area contributed by atoms with Crippen LogP contribution in [0.2, 0.25) is 0 Å². The molecule has 2 radical (unpaired) electrons. The smallest absolute Gasteiger partial charge is 0.336 e.